The minimum absolute atomic E-state index is 0.0131. The van der Waals surface area contributed by atoms with Gasteiger partial charge in [-0.25, -0.2) is 27.2 Å². The van der Waals surface area contributed by atoms with Crippen LogP contribution in [-0.2, 0) is 9.84 Å². The molecule has 0 atom stereocenters. The number of ketones is 2. The number of rotatable bonds is 6. The first-order chi connectivity index (χ1) is 20.4. The molecule has 0 aliphatic carbocycles. The number of carbonyl (C=O) groups is 2. The first-order valence-corrected chi connectivity index (χ1v) is 14.3. The minimum atomic E-state index is -3.97. The van der Waals surface area contributed by atoms with Crippen molar-refractivity contribution in [2.45, 2.75) is 37.5 Å². The number of fused-ring (bicyclic) bond motifs is 2. The number of hydrogen-bond acceptors (Lipinski definition) is 10. The molecule has 0 aliphatic rings. The van der Waals surface area contributed by atoms with Crippen LogP contribution in [-0.4, -0.2) is 58.3 Å². The molecule has 0 spiro atoms. The molecule has 0 fully saturated rings. The second-order valence-corrected chi connectivity index (χ2v) is 11.8. The lowest BCUT2D eigenvalue weighted by Gasteiger charge is -2.08. The van der Waals surface area contributed by atoms with Crippen LogP contribution >= 0.6 is 0 Å². The van der Waals surface area contributed by atoms with Gasteiger partial charge in [0.05, 0.1) is 21.2 Å². The molecule has 0 bridgehead atoms. The van der Waals surface area contributed by atoms with E-state index in [1.54, 1.807) is 13.8 Å². The van der Waals surface area contributed by atoms with Crippen molar-refractivity contribution in [1.29, 1.82) is 0 Å². The van der Waals surface area contributed by atoms with Crippen LogP contribution in [0.3, 0.4) is 0 Å². The highest BCUT2D eigenvalue weighted by Crippen LogP contribution is 2.24. The van der Waals surface area contributed by atoms with E-state index in [0.29, 0.717) is 22.8 Å². The first-order valence-electron chi connectivity index (χ1n) is 12.8. The highest BCUT2D eigenvalue weighted by molar-refractivity contribution is 7.91. The molecule has 14 nitrogen and oxygen atoms in total. The van der Waals surface area contributed by atoms with Crippen LogP contribution in [0.4, 0.5) is 0 Å². The Morgan fingerprint density at radius 3 is 1.30 bits per heavy atom. The van der Waals surface area contributed by atoms with Crippen LogP contribution in [0.2, 0.25) is 0 Å². The van der Waals surface area contributed by atoms with E-state index in [1.807, 2.05) is 0 Å². The molecule has 2 aromatic carbocycles. The lowest BCUT2D eigenvalue weighted by atomic mass is 10.3. The van der Waals surface area contributed by atoms with Gasteiger partial charge >= 0.3 is 0 Å². The smallest absolute Gasteiger partial charge is 0.261 e. The maximum atomic E-state index is 13.5. The summed E-state index contributed by atoms with van der Waals surface area (Å²) in [4.78, 5) is 58.1. The van der Waals surface area contributed by atoms with Crippen molar-refractivity contribution in [2.24, 2.45) is 0 Å². The van der Waals surface area contributed by atoms with Crippen molar-refractivity contribution in [3.8, 4) is 11.4 Å². The zero-order valence-corrected chi connectivity index (χ0v) is 24.0. The van der Waals surface area contributed by atoms with Gasteiger partial charge in [0.15, 0.2) is 11.6 Å². The lowest BCUT2D eigenvalue weighted by Crippen LogP contribution is -2.18. The highest BCUT2D eigenvalue weighted by Gasteiger charge is 2.22. The second-order valence-electron chi connectivity index (χ2n) is 9.82. The molecule has 0 amide bonds. The standard InChI is InChI=1S/C28H22N8O6S/c1-15-13-23(39)33-25(17(3)37)31-35(27(33)29-15)19-5-9-21(10-6-19)43(41,42)22-11-7-20(8-12-22)36-28-30-16(2)14-24(40)34(28)26(32-36)18(4)38/h5-14H,1-4H3. The fraction of sp³-hybridized carbons (Fsp3) is 0.143. The van der Waals surface area contributed by atoms with Crippen molar-refractivity contribution in [2.75, 3.05) is 0 Å². The van der Waals surface area contributed by atoms with Crippen molar-refractivity contribution in [3.05, 3.63) is 104 Å². The molecule has 4 aromatic heterocycles. The van der Waals surface area contributed by atoms with Gasteiger partial charge in [-0.1, -0.05) is 0 Å². The van der Waals surface area contributed by atoms with Crippen molar-refractivity contribution in [1.82, 2.24) is 38.3 Å². The third kappa shape index (κ3) is 4.46. The minimum Gasteiger partial charge on any atom is -0.291 e. The fourth-order valence-electron chi connectivity index (χ4n) is 4.69. The molecule has 216 valence electrons. The quantitative estimate of drug-likeness (QED) is 0.258. The van der Waals surface area contributed by atoms with E-state index in [1.165, 1.54) is 83.9 Å². The van der Waals surface area contributed by atoms with Crippen molar-refractivity contribution < 1.29 is 18.0 Å². The summed E-state index contributed by atoms with van der Waals surface area (Å²) >= 11 is 0. The largest absolute Gasteiger partial charge is 0.291 e. The van der Waals surface area contributed by atoms with E-state index in [0.717, 1.165) is 8.80 Å². The van der Waals surface area contributed by atoms with Crippen LogP contribution in [0.5, 0.6) is 0 Å². The first kappa shape index (κ1) is 27.6. The van der Waals surface area contributed by atoms with Gasteiger partial charge in [-0.2, -0.15) is 9.36 Å². The predicted octanol–water partition coefficient (Wildman–Crippen LogP) is 1.93. The number of nitrogens with zero attached hydrogens (tertiary/aromatic N) is 8. The van der Waals surface area contributed by atoms with Crippen LogP contribution in [0.15, 0.2) is 80.0 Å². The number of carbonyl (C=O) groups excluding carboxylic acids is 2. The molecule has 15 heteroatoms. The average molecular weight is 599 g/mol. The van der Waals surface area contributed by atoms with E-state index in [-0.39, 0.29) is 33.0 Å². The topological polar surface area (TPSA) is 173 Å². The van der Waals surface area contributed by atoms with Gasteiger partial charge in [0, 0.05) is 37.4 Å². The van der Waals surface area contributed by atoms with Gasteiger partial charge in [0.1, 0.15) is 0 Å². The predicted molar refractivity (Wildman–Crippen MR) is 152 cm³/mol. The molecule has 0 unspecified atom stereocenters. The molecule has 4 heterocycles. The fourth-order valence-corrected chi connectivity index (χ4v) is 5.95. The van der Waals surface area contributed by atoms with Gasteiger partial charge in [-0.15, -0.1) is 10.2 Å². The molecular formula is C28H22N8O6S. The number of benzene rings is 2. The third-order valence-corrected chi connectivity index (χ3v) is 8.45. The molecule has 6 rings (SSSR count). The van der Waals surface area contributed by atoms with Gasteiger partial charge in [0.2, 0.25) is 33.0 Å². The van der Waals surface area contributed by atoms with Gasteiger partial charge < -0.3 is 0 Å². The summed E-state index contributed by atoms with van der Waals surface area (Å²) in [6.45, 7) is 5.85. The molecular weight excluding hydrogens is 576 g/mol. The molecule has 0 saturated heterocycles. The third-order valence-electron chi connectivity index (χ3n) is 6.66. The van der Waals surface area contributed by atoms with Gasteiger partial charge in [-0.05, 0) is 62.4 Å². The molecule has 0 N–H and O–H groups in total. The van der Waals surface area contributed by atoms with Gasteiger partial charge in [0.25, 0.3) is 11.1 Å². The van der Waals surface area contributed by atoms with Crippen LogP contribution in [0, 0.1) is 13.8 Å². The molecule has 43 heavy (non-hydrogen) atoms. The summed E-state index contributed by atoms with van der Waals surface area (Å²) < 4.78 is 31.8. The number of aromatic nitrogens is 8. The average Bonchev–Trinajstić information content (AvgIpc) is 3.53. The Balaban J connectivity index is 1.37. The number of aryl methyl sites for hydroxylation is 2. The van der Waals surface area contributed by atoms with Crippen LogP contribution < -0.4 is 11.1 Å². The summed E-state index contributed by atoms with van der Waals surface area (Å²) in [6, 6.07) is 14.1. The summed E-state index contributed by atoms with van der Waals surface area (Å²) in [5.74, 6) is -0.824. The SMILES string of the molecule is CC(=O)c1nn(-c2ccc(S(=O)(=O)c3ccc(-n4nc(C(C)=O)n5c(=O)cc(C)nc45)cc3)cc2)c2nc(C)cc(=O)n12. The summed E-state index contributed by atoms with van der Waals surface area (Å²) in [5, 5.41) is 8.51. The summed E-state index contributed by atoms with van der Waals surface area (Å²) in [7, 11) is -3.97. The maximum Gasteiger partial charge on any atom is 0.261 e. The Bertz CT molecular complexity index is 2200. The molecule has 0 aliphatic heterocycles. The Morgan fingerprint density at radius 2 is 0.977 bits per heavy atom. The van der Waals surface area contributed by atoms with E-state index in [9.17, 15) is 27.6 Å². The Kier molecular flexibility index (Phi) is 6.27. The van der Waals surface area contributed by atoms with E-state index in [2.05, 4.69) is 20.2 Å². The van der Waals surface area contributed by atoms with Crippen LogP contribution in [0.25, 0.3) is 22.9 Å². The molecule has 0 radical (unpaired) electrons. The van der Waals surface area contributed by atoms with Crippen LogP contribution in [0.1, 0.15) is 46.5 Å². The zero-order chi connectivity index (χ0) is 30.8. The lowest BCUT2D eigenvalue weighted by molar-refractivity contribution is 0.0993. The highest BCUT2D eigenvalue weighted by atomic mass is 32.2. The Morgan fingerprint density at radius 1 is 0.628 bits per heavy atom. The van der Waals surface area contributed by atoms with E-state index < -0.39 is 32.5 Å². The molecule has 6 aromatic rings. The number of hydrogen-bond donors (Lipinski definition) is 0. The number of Topliss-reactive ketones (excluding diaryl/α,β-unsaturated/α-hetero) is 2. The molecule has 0 saturated carbocycles. The van der Waals surface area contributed by atoms with E-state index >= 15 is 0 Å². The zero-order valence-electron chi connectivity index (χ0n) is 23.2. The normalized spacial score (nSPS) is 11.8. The van der Waals surface area contributed by atoms with Crippen molar-refractivity contribution >= 4 is 33.0 Å². The van der Waals surface area contributed by atoms with Gasteiger partial charge in [-0.3, -0.25) is 19.2 Å². The van der Waals surface area contributed by atoms with Crippen molar-refractivity contribution in [3.63, 3.8) is 0 Å². The second kappa shape index (κ2) is 9.77. The number of sulfone groups is 1. The summed E-state index contributed by atoms with van der Waals surface area (Å²) in [6.07, 6.45) is 0. The summed E-state index contributed by atoms with van der Waals surface area (Å²) in [5.41, 5.74) is 0.730. The Labute approximate surface area is 242 Å². The monoisotopic (exact) mass is 598 g/mol. The maximum absolute atomic E-state index is 13.5. The van der Waals surface area contributed by atoms with E-state index in [4.69, 9.17) is 0 Å². The Hall–Kier alpha value is -5.57.